The van der Waals surface area contributed by atoms with Crippen LogP contribution in [0.5, 0.6) is 5.75 Å². The first kappa shape index (κ1) is 37.3. The number of rotatable bonds is 17. The van der Waals surface area contributed by atoms with Gasteiger partial charge < -0.3 is 41.3 Å². The molecule has 2 aliphatic rings. The van der Waals surface area contributed by atoms with Gasteiger partial charge in [0.2, 0.25) is 10.4 Å². The highest BCUT2D eigenvalue weighted by atomic mass is 32.3. The zero-order valence-electron chi connectivity index (χ0n) is 27.3. The van der Waals surface area contributed by atoms with Gasteiger partial charge in [-0.2, -0.15) is 9.35 Å². The molecule has 3 aromatic rings. The summed E-state index contributed by atoms with van der Waals surface area (Å²) in [6.45, 7) is 5.82. The number of hydrogen-bond acceptors (Lipinski definition) is 17. The number of amides is 2. The number of ether oxygens (including phenoxy) is 1. The van der Waals surface area contributed by atoms with Crippen molar-refractivity contribution < 1.29 is 50.9 Å². The van der Waals surface area contributed by atoms with Crippen LogP contribution in [-0.4, -0.2) is 107 Å². The van der Waals surface area contributed by atoms with Gasteiger partial charge in [0.15, 0.2) is 10.8 Å². The molecular formula is C29H36N10O10S2. The molecule has 0 saturated carbocycles. The lowest BCUT2D eigenvalue weighted by Gasteiger charge is -2.51. The maximum absolute atomic E-state index is 13.3. The number of aliphatic carboxylic acids is 1. The summed E-state index contributed by atoms with van der Waals surface area (Å²) >= 11 is 0.951. The molecule has 2 atom stereocenters. The van der Waals surface area contributed by atoms with Gasteiger partial charge in [0.1, 0.15) is 30.3 Å². The monoisotopic (exact) mass is 748 g/mol. The Morgan fingerprint density at radius 2 is 2.00 bits per heavy atom. The summed E-state index contributed by atoms with van der Waals surface area (Å²) in [5.41, 5.74) is 10.9. The number of oxime groups is 1. The fourth-order valence-electron chi connectivity index (χ4n) is 5.04. The van der Waals surface area contributed by atoms with Crippen molar-refractivity contribution in [1.82, 2.24) is 25.7 Å². The quantitative estimate of drug-likeness (QED) is 0.0227. The second-order valence-corrected chi connectivity index (χ2v) is 13.9. The first-order chi connectivity index (χ1) is 24.2. The lowest BCUT2D eigenvalue weighted by molar-refractivity contribution is -0.692. The molecule has 0 spiro atoms. The minimum Gasteiger partial charge on any atom is -0.724 e. The summed E-state index contributed by atoms with van der Waals surface area (Å²) < 4.78 is 45.0. The number of aromatic nitrogens is 3. The predicted molar refractivity (Wildman–Crippen MR) is 178 cm³/mol. The van der Waals surface area contributed by atoms with E-state index in [-0.39, 0.29) is 10.8 Å². The minimum atomic E-state index is -5.27. The molecule has 0 radical (unpaired) electrons. The van der Waals surface area contributed by atoms with Crippen molar-refractivity contribution in [2.24, 2.45) is 16.8 Å². The normalized spacial score (nSPS) is 18.0. The van der Waals surface area contributed by atoms with Crippen LogP contribution >= 0.6 is 11.3 Å². The van der Waals surface area contributed by atoms with Crippen molar-refractivity contribution in [3.05, 3.63) is 47.7 Å². The highest BCUT2D eigenvalue weighted by Gasteiger charge is 2.57. The predicted octanol–water partition coefficient (Wildman–Crippen LogP) is -1.58. The Morgan fingerprint density at radius 3 is 2.57 bits per heavy atom. The Morgan fingerprint density at radius 1 is 1.27 bits per heavy atom. The molecule has 20 nitrogen and oxygen atoms in total. The second-order valence-electron chi connectivity index (χ2n) is 12.0. The van der Waals surface area contributed by atoms with E-state index in [0.717, 1.165) is 42.1 Å². The SMILES string of the molecule is CC1(C)C(NC(=O)/C(=N\O[C@@H](COc2ccc(-c3cnc(NCCN)[n+](CC4CNC4)c3)cc2)C(=O)O)c2csc(N)n2)C(=O)N1OS(=O)(=O)[O-]. The lowest BCUT2D eigenvalue weighted by atomic mass is 9.84. The molecule has 4 heterocycles. The summed E-state index contributed by atoms with van der Waals surface area (Å²) in [5, 5.41) is 24.1. The molecule has 1 aromatic carbocycles. The van der Waals surface area contributed by atoms with Crippen molar-refractivity contribution in [3.8, 4) is 16.9 Å². The number of carboxylic acids is 1. The topological polar surface area (TPSA) is 290 Å². The standard InChI is InChI=1S/C29H36N10O10S2/c1-29(2)23(25(41)39(29)49-51(44,45)46)36-24(40)22(20-15-50-27(31)35-20)37-48-21(26(42)43)14-47-19-5-3-17(4-6-19)18-11-34-28(33-8-7-30)38(13-18)12-16-9-32-10-16/h3-6,11,13,15-16,21,23,32H,7-10,12,14,30H2,1-2H3,(H5,31,35,36,40,42,43,44,45,46)/b37-22-/t21-,23?/m0/s1. The van der Waals surface area contributed by atoms with Gasteiger partial charge >= 0.3 is 11.9 Å². The number of hydrogen-bond donors (Lipinski definition) is 6. The van der Waals surface area contributed by atoms with E-state index in [1.165, 1.54) is 19.2 Å². The van der Waals surface area contributed by atoms with Crippen LogP contribution in [0.15, 0.2) is 47.2 Å². The first-order valence-corrected chi connectivity index (χ1v) is 17.6. The van der Waals surface area contributed by atoms with E-state index in [9.17, 15) is 32.5 Å². The molecule has 2 amide bonds. The van der Waals surface area contributed by atoms with Crippen LogP contribution in [0, 0.1) is 5.92 Å². The zero-order valence-corrected chi connectivity index (χ0v) is 29.0. The molecule has 0 aliphatic carbocycles. The van der Waals surface area contributed by atoms with E-state index in [4.69, 9.17) is 21.0 Å². The average Bonchev–Trinajstić information content (AvgIpc) is 3.49. The number of benzene rings is 1. The largest absolute Gasteiger partial charge is 0.724 e. The third kappa shape index (κ3) is 9.03. The molecule has 8 N–H and O–H groups in total. The molecule has 274 valence electrons. The molecular weight excluding hydrogens is 713 g/mol. The van der Waals surface area contributed by atoms with E-state index in [0.29, 0.717) is 35.8 Å². The Kier molecular flexibility index (Phi) is 11.3. The number of β-lactam (4-membered cyclic amide) rings is 1. The van der Waals surface area contributed by atoms with Crippen LogP contribution in [0.2, 0.25) is 0 Å². The molecule has 0 bridgehead atoms. The first-order valence-electron chi connectivity index (χ1n) is 15.4. The van der Waals surface area contributed by atoms with Crippen molar-refractivity contribution in [2.75, 3.05) is 43.8 Å². The molecule has 2 aliphatic heterocycles. The van der Waals surface area contributed by atoms with Crippen LogP contribution in [0.4, 0.5) is 11.1 Å². The van der Waals surface area contributed by atoms with Gasteiger partial charge in [-0.3, -0.25) is 14.9 Å². The summed E-state index contributed by atoms with van der Waals surface area (Å²) in [4.78, 5) is 51.6. The Balaban J connectivity index is 1.25. The molecule has 2 fully saturated rings. The van der Waals surface area contributed by atoms with E-state index in [1.54, 1.807) is 30.5 Å². The fourth-order valence-corrected chi connectivity index (χ4v) is 6.03. The minimum absolute atomic E-state index is 0.0489. The average molecular weight is 749 g/mol. The summed E-state index contributed by atoms with van der Waals surface area (Å²) in [6.07, 6.45) is 2.04. The van der Waals surface area contributed by atoms with Crippen LogP contribution < -0.4 is 36.7 Å². The Bertz CT molecular complexity index is 1900. The molecule has 2 saturated heterocycles. The Labute approximate surface area is 295 Å². The van der Waals surface area contributed by atoms with Crippen LogP contribution in [-0.2, 0) is 40.4 Å². The van der Waals surface area contributed by atoms with Gasteiger partial charge in [-0.25, -0.2) is 22.8 Å². The Hall–Kier alpha value is -5.00. The van der Waals surface area contributed by atoms with E-state index >= 15 is 0 Å². The zero-order chi connectivity index (χ0) is 36.9. The van der Waals surface area contributed by atoms with Crippen LogP contribution in [0.3, 0.4) is 0 Å². The van der Waals surface area contributed by atoms with Gasteiger partial charge in [-0.15, -0.1) is 11.3 Å². The number of nitrogens with one attached hydrogen (secondary N) is 3. The third-order valence-corrected chi connectivity index (χ3v) is 8.88. The number of nitrogens with zero attached hydrogens (tertiary/aromatic N) is 5. The van der Waals surface area contributed by atoms with E-state index in [1.807, 2.05) is 6.20 Å². The van der Waals surface area contributed by atoms with Gasteiger partial charge in [0, 0.05) is 36.5 Å². The van der Waals surface area contributed by atoms with Gasteiger partial charge in [-0.05, 0) is 31.5 Å². The van der Waals surface area contributed by atoms with E-state index in [2.05, 4.69) is 39.9 Å². The number of carbonyl (C=O) groups excluding carboxylic acids is 2. The summed E-state index contributed by atoms with van der Waals surface area (Å²) in [6, 6.07) is 5.53. The van der Waals surface area contributed by atoms with Gasteiger partial charge in [0.25, 0.3) is 17.9 Å². The summed E-state index contributed by atoms with van der Waals surface area (Å²) in [7, 11) is -5.27. The van der Waals surface area contributed by atoms with Gasteiger partial charge in [-0.1, -0.05) is 22.3 Å². The molecule has 2 aromatic heterocycles. The van der Waals surface area contributed by atoms with Gasteiger partial charge in [0.05, 0.1) is 24.8 Å². The second kappa shape index (κ2) is 15.5. The fraction of sp³-hybridized carbons (Fsp3) is 0.414. The highest BCUT2D eigenvalue weighted by Crippen LogP contribution is 2.33. The maximum atomic E-state index is 13.3. The molecule has 1 unspecified atom stereocenters. The number of nitrogen functional groups attached to an aromatic ring is 1. The van der Waals surface area contributed by atoms with Crippen LogP contribution in [0.1, 0.15) is 19.5 Å². The highest BCUT2D eigenvalue weighted by molar-refractivity contribution is 7.80. The smallest absolute Gasteiger partial charge is 0.391 e. The van der Waals surface area contributed by atoms with Crippen molar-refractivity contribution in [2.45, 2.75) is 38.1 Å². The summed E-state index contributed by atoms with van der Waals surface area (Å²) in [5.74, 6) is -2.02. The number of carboxylic acid groups (broad SMARTS) is 1. The number of anilines is 2. The number of nitrogens with two attached hydrogens (primary N) is 2. The molecule has 5 rings (SSSR count). The van der Waals surface area contributed by atoms with Crippen molar-refractivity contribution in [3.63, 3.8) is 0 Å². The number of carbonyl (C=O) groups is 3. The maximum Gasteiger partial charge on any atom is 0.391 e. The number of thiazole rings is 1. The number of hydroxylamine groups is 2. The van der Waals surface area contributed by atoms with Crippen molar-refractivity contribution in [1.29, 1.82) is 0 Å². The lowest BCUT2D eigenvalue weighted by Crippen LogP contribution is -2.76. The molecule has 51 heavy (non-hydrogen) atoms. The van der Waals surface area contributed by atoms with Crippen molar-refractivity contribution >= 4 is 56.3 Å². The van der Waals surface area contributed by atoms with E-state index < -0.39 is 58.2 Å². The molecule has 22 heteroatoms. The third-order valence-electron chi connectivity index (χ3n) is 7.87. The van der Waals surface area contributed by atoms with Crippen LogP contribution in [0.25, 0.3) is 11.1 Å².